The molecule has 0 bridgehead atoms. The molecule has 6 heteroatoms. The molecule has 0 unspecified atom stereocenters. The third kappa shape index (κ3) is 5.12. The molecule has 1 saturated heterocycles. The maximum absolute atomic E-state index is 11.9. The highest BCUT2D eigenvalue weighted by molar-refractivity contribution is 7.89. The number of sulfonamides is 1. The molecule has 1 aliphatic rings. The van der Waals surface area contributed by atoms with Crippen LogP contribution in [0.15, 0.2) is 0 Å². The molecule has 0 atom stereocenters. The van der Waals surface area contributed by atoms with E-state index < -0.39 is 10.0 Å². The molecule has 17 heavy (non-hydrogen) atoms. The second-order valence-corrected chi connectivity index (χ2v) is 7.46. The van der Waals surface area contributed by atoms with Crippen molar-refractivity contribution in [1.82, 2.24) is 9.21 Å². The number of hydrogen-bond donors (Lipinski definition) is 0. The predicted molar refractivity (Wildman–Crippen MR) is 72.0 cm³/mol. The van der Waals surface area contributed by atoms with E-state index in [-0.39, 0.29) is 5.75 Å². The number of likely N-dealkylation sites (tertiary alicyclic amines) is 1. The van der Waals surface area contributed by atoms with E-state index in [2.05, 4.69) is 11.9 Å². The van der Waals surface area contributed by atoms with Gasteiger partial charge in [-0.15, -0.1) is 11.6 Å². The average molecular weight is 283 g/mol. The summed E-state index contributed by atoms with van der Waals surface area (Å²) in [7, 11) is 0.691. The molecule has 1 heterocycles. The minimum Gasteiger partial charge on any atom is -0.306 e. The zero-order valence-corrected chi connectivity index (χ0v) is 12.3. The molecule has 0 aromatic rings. The molecular weight excluding hydrogens is 260 g/mol. The van der Waals surface area contributed by atoms with Gasteiger partial charge < -0.3 is 4.90 Å². The molecule has 0 spiro atoms. The van der Waals surface area contributed by atoms with Crippen LogP contribution in [0.25, 0.3) is 0 Å². The van der Waals surface area contributed by atoms with Crippen LogP contribution in [0.5, 0.6) is 0 Å². The third-order valence-corrected chi connectivity index (χ3v) is 5.53. The number of halogens is 1. The van der Waals surface area contributed by atoms with Crippen molar-refractivity contribution >= 4 is 21.6 Å². The SMILES string of the molecule is CN1CCC(CN(C)S(=O)(=O)CCCCl)CC1. The molecule has 1 fully saturated rings. The van der Waals surface area contributed by atoms with E-state index in [0.717, 1.165) is 25.9 Å². The molecule has 1 rings (SSSR count). The first-order valence-corrected chi connectivity index (χ1v) is 8.28. The summed E-state index contributed by atoms with van der Waals surface area (Å²) in [5, 5.41) is 0. The lowest BCUT2D eigenvalue weighted by Crippen LogP contribution is -2.38. The van der Waals surface area contributed by atoms with E-state index in [4.69, 9.17) is 11.6 Å². The summed E-state index contributed by atoms with van der Waals surface area (Å²) in [6, 6.07) is 0. The van der Waals surface area contributed by atoms with Crippen LogP contribution in [0, 0.1) is 5.92 Å². The van der Waals surface area contributed by atoms with Gasteiger partial charge in [0.15, 0.2) is 0 Å². The monoisotopic (exact) mass is 282 g/mol. The molecule has 102 valence electrons. The zero-order valence-electron chi connectivity index (χ0n) is 10.7. The fourth-order valence-corrected chi connectivity index (χ4v) is 3.67. The van der Waals surface area contributed by atoms with Gasteiger partial charge in [-0.25, -0.2) is 12.7 Å². The molecule has 0 aromatic carbocycles. The Morgan fingerprint density at radius 2 is 1.94 bits per heavy atom. The average Bonchev–Trinajstić information content (AvgIpc) is 2.29. The fourth-order valence-electron chi connectivity index (χ4n) is 2.11. The van der Waals surface area contributed by atoms with Crippen molar-refractivity contribution in [2.75, 3.05) is 45.4 Å². The van der Waals surface area contributed by atoms with Crippen molar-refractivity contribution in [2.24, 2.45) is 5.92 Å². The topological polar surface area (TPSA) is 40.6 Å². The van der Waals surface area contributed by atoms with E-state index in [9.17, 15) is 8.42 Å². The van der Waals surface area contributed by atoms with Gasteiger partial charge in [0.2, 0.25) is 10.0 Å². The summed E-state index contributed by atoms with van der Waals surface area (Å²) in [6.07, 6.45) is 2.71. The minimum absolute atomic E-state index is 0.166. The Morgan fingerprint density at radius 1 is 1.35 bits per heavy atom. The summed E-state index contributed by atoms with van der Waals surface area (Å²) in [6.45, 7) is 2.79. The molecule has 4 nitrogen and oxygen atoms in total. The lowest BCUT2D eigenvalue weighted by Gasteiger charge is -2.31. The highest BCUT2D eigenvalue weighted by atomic mass is 35.5. The van der Waals surface area contributed by atoms with Crippen molar-refractivity contribution < 1.29 is 8.42 Å². The number of rotatable bonds is 6. The van der Waals surface area contributed by atoms with Gasteiger partial charge in [0.25, 0.3) is 0 Å². The van der Waals surface area contributed by atoms with Gasteiger partial charge >= 0.3 is 0 Å². The van der Waals surface area contributed by atoms with Crippen LogP contribution in [-0.2, 0) is 10.0 Å². The van der Waals surface area contributed by atoms with Crippen LogP contribution in [0.3, 0.4) is 0 Å². The summed E-state index contributed by atoms with van der Waals surface area (Å²) in [5.41, 5.74) is 0. The minimum atomic E-state index is -3.10. The highest BCUT2D eigenvalue weighted by Gasteiger charge is 2.23. The van der Waals surface area contributed by atoms with Gasteiger partial charge in [-0.1, -0.05) is 0 Å². The van der Waals surface area contributed by atoms with Crippen molar-refractivity contribution in [3.63, 3.8) is 0 Å². The predicted octanol–water partition coefficient (Wildman–Crippen LogP) is 1.22. The lowest BCUT2D eigenvalue weighted by atomic mass is 9.97. The van der Waals surface area contributed by atoms with E-state index >= 15 is 0 Å². The van der Waals surface area contributed by atoms with Gasteiger partial charge in [-0.3, -0.25) is 0 Å². The standard InChI is InChI=1S/C11H23ClN2O2S/c1-13-7-4-11(5-8-13)10-14(2)17(15,16)9-3-6-12/h11H,3-10H2,1-2H3. The first kappa shape index (κ1) is 15.2. The Hall–Kier alpha value is 0.160. The maximum atomic E-state index is 11.9. The third-order valence-electron chi connectivity index (χ3n) is 3.36. The Balaban J connectivity index is 2.40. The normalized spacial score (nSPS) is 20.0. The number of nitrogens with zero attached hydrogens (tertiary/aromatic N) is 2. The highest BCUT2D eigenvalue weighted by Crippen LogP contribution is 2.18. The van der Waals surface area contributed by atoms with E-state index in [1.807, 2.05) is 0 Å². The zero-order chi connectivity index (χ0) is 12.9. The summed E-state index contributed by atoms with van der Waals surface area (Å²) >= 11 is 5.53. The number of hydrogen-bond acceptors (Lipinski definition) is 3. The van der Waals surface area contributed by atoms with Gasteiger partial charge in [0, 0.05) is 19.5 Å². The van der Waals surface area contributed by atoms with Gasteiger partial charge in [0.1, 0.15) is 0 Å². The summed E-state index contributed by atoms with van der Waals surface area (Å²) in [5.74, 6) is 1.07. The van der Waals surface area contributed by atoms with Gasteiger partial charge in [-0.2, -0.15) is 0 Å². The molecule has 0 amide bonds. The Morgan fingerprint density at radius 3 is 2.47 bits per heavy atom. The quantitative estimate of drug-likeness (QED) is 0.688. The second kappa shape index (κ2) is 6.92. The number of piperidine rings is 1. The Bertz CT molecular complexity index is 313. The molecule has 0 radical (unpaired) electrons. The first-order valence-electron chi connectivity index (χ1n) is 6.14. The number of alkyl halides is 1. The van der Waals surface area contributed by atoms with E-state index in [0.29, 0.717) is 24.8 Å². The van der Waals surface area contributed by atoms with Crippen LogP contribution in [0.4, 0.5) is 0 Å². The van der Waals surface area contributed by atoms with E-state index in [1.165, 1.54) is 4.31 Å². The maximum Gasteiger partial charge on any atom is 0.213 e. The summed E-state index contributed by atoms with van der Waals surface area (Å²) < 4.78 is 25.3. The van der Waals surface area contributed by atoms with E-state index in [1.54, 1.807) is 7.05 Å². The van der Waals surface area contributed by atoms with Gasteiger partial charge in [0.05, 0.1) is 5.75 Å². The Kier molecular flexibility index (Phi) is 6.20. The van der Waals surface area contributed by atoms with Crippen molar-refractivity contribution in [2.45, 2.75) is 19.3 Å². The summed E-state index contributed by atoms with van der Waals surface area (Å²) in [4.78, 5) is 2.29. The molecule has 0 aromatic heterocycles. The van der Waals surface area contributed by atoms with Crippen LogP contribution < -0.4 is 0 Å². The van der Waals surface area contributed by atoms with Crippen LogP contribution in [0.1, 0.15) is 19.3 Å². The first-order chi connectivity index (χ1) is 7.95. The van der Waals surface area contributed by atoms with Crippen molar-refractivity contribution in [3.8, 4) is 0 Å². The van der Waals surface area contributed by atoms with Crippen LogP contribution in [0.2, 0.25) is 0 Å². The molecule has 1 aliphatic heterocycles. The van der Waals surface area contributed by atoms with Crippen LogP contribution >= 0.6 is 11.6 Å². The largest absolute Gasteiger partial charge is 0.306 e. The molecule has 0 aliphatic carbocycles. The van der Waals surface area contributed by atoms with Crippen molar-refractivity contribution in [1.29, 1.82) is 0 Å². The lowest BCUT2D eigenvalue weighted by molar-refractivity contribution is 0.202. The van der Waals surface area contributed by atoms with Crippen LogP contribution in [-0.4, -0.2) is 63.0 Å². The second-order valence-electron chi connectivity index (χ2n) is 4.89. The molecule has 0 N–H and O–H groups in total. The van der Waals surface area contributed by atoms with Crippen molar-refractivity contribution in [3.05, 3.63) is 0 Å². The fraction of sp³-hybridized carbons (Fsp3) is 1.00. The smallest absolute Gasteiger partial charge is 0.213 e. The Labute approximate surface area is 110 Å². The molecular formula is C11H23ClN2O2S. The van der Waals surface area contributed by atoms with Gasteiger partial charge in [-0.05, 0) is 45.3 Å². The molecule has 0 saturated carbocycles.